The molecule has 0 aliphatic carbocycles. The normalized spacial score (nSPS) is 9.88. The predicted molar refractivity (Wildman–Crippen MR) is 64.9 cm³/mol. The fourth-order valence-electron chi connectivity index (χ4n) is 1.14. The van der Waals surface area contributed by atoms with Gasteiger partial charge in [-0.15, -0.1) is 0 Å². The average molecular weight is 238 g/mol. The second-order valence-electron chi connectivity index (χ2n) is 3.20. The topological polar surface area (TPSA) is 43.4 Å². The molecular formula is C12H14O3S. The van der Waals surface area contributed by atoms with Crippen molar-refractivity contribution < 1.29 is 14.3 Å². The smallest absolute Gasteiger partial charge is 0.337 e. The lowest BCUT2D eigenvalue weighted by molar-refractivity contribution is 0.0600. The molecule has 0 bridgehead atoms. The Bertz CT molecular complexity index is 370. The molecule has 0 spiro atoms. The van der Waals surface area contributed by atoms with Gasteiger partial charge in [-0.2, -0.15) is 0 Å². The largest absolute Gasteiger partial charge is 0.465 e. The lowest BCUT2D eigenvalue weighted by atomic mass is 10.1. The molecule has 0 fully saturated rings. The van der Waals surface area contributed by atoms with E-state index in [9.17, 15) is 9.59 Å². The van der Waals surface area contributed by atoms with E-state index in [1.165, 1.54) is 18.9 Å². The van der Waals surface area contributed by atoms with Gasteiger partial charge in [-0.3, -0.25) is 4.79 Å². The first-order chi connectivity index (χ1) is 7.69. The minimum atomic E-state index is -0.389. The lowest BCUT2D eigenvalue weighted by Crippen LogP contribution is -2.02. The van der Waals surface area contributed by atoms with Crippen molar-refractivity contribution in [3.8, 4) is 0 Å². The second kappa shape index (κ2) is 6.33. The Labute approximate surface area is 99.2 Å². The second-order valence-corrected chi connectivity index (χ2v) is 4.27. The molecule has 3 nitrogen and oxygen atoms in total. The van der Waals surface area contributed by atoms with Crippen molar-refractivity contribution in [1.29, 1.82) is 0 Å². The summed E-state index contributed by atoms with van der Waals surface area (Å²) in [7, 11) is 1.33. The van der Waals surface area contributed by atoms with Crippen LogP contribution in [0.1, 0.15) is 34.1 Å². The highest BCUT2D eigenvalue weighted by Crippen LogP contribution is 2.14. The number of hydrogen-bond donors (Lipinski definition) is 0. The highest BCUT2D eigenvalue weighted by molar-refractivity contribution is 8.14. The molecule has 0 amide bonds. The van der Waals surface area contributed by atoms with Gasteiger partial charge in [0.2, 0.25) is 5.12 Å². The maximum absolute atomic E-state index is 11.6. The van der Waals surface area contributed by atoms with Crippen molar-refractivity contribution in [1.82, 2.24) is 0 Å². The van der Waals surface area contributed by atoms with Crippen molar-refractivity contribution in [2.45, 2.75) is 13.3 Å². The third kappa shape index (κ3) is 3.38. The van der Waals surface area contributed by atoms with Gasteiger partial charge < -0.3 is 4.74 Å². The molecule has 86 valence electrons. The molecule has 0 saturated carbocycles. The monoisotopic (exact) mass is 238 g/mol. The van der Waals surface area contributed by atoms with Gasteiger partial charge in [0, 0.05) is 11.3 Å². The number of methoxy groups -OCH3 is 1. The molecule has 0 N–H and O–H groups in total. The zero-order valence-corrected chi connectivity index (χ0v) is 10.2. The molecule has 0 atom stereocenters. The Morgan fingerprint density at radius 3 is 2.25 bits per heavy atom. The summed E-state index contributed by atoms with van der Waals surface area (Å²) in [5.74, 6) is 0.428. The number of esters is 1. The first kappa shape index (κ1) is 12.8. The molecule has 1 aromatic carbocycles. The van der Waals surface area contributed by atoms with E-state index in [0.717, 1.165) is 12.2 Å². The van der Waals surface area contributed by atoms with Crippen LogP contribution in [0.15, 0.2) is 24.3 Å². The Morgan fingerprint density at radius 2 is 1.75 bits per heavy atom. The Balaban J connectivity index is 2.71. The molecule has 1 rings (SSSR count). The zero-order valence-electron chi connectivity index (χ0n) is 9.36. The van der Waals surface area contributed by atoms with Gasteiger partial charge in [0.15, 0.2) is 0 Å². The Hall–Kier alpha value is -1.29. The van der Waals surface area contributed by atoms with Crippen molar-refractivity contribution in [3.05, 3.63) is 35.4 Å². The van der Waals surface area contributed by atoms with Crippen LogP contribution in [-0.2, 0) is 4.74 Å². The minimum absolute atomic E-state index is 0.0401. The zero-order chi connectivity index (χ0) is 12.0. The fraction of sp³-hybridized carbons (Fsp3) is 0.333. The van der Waals surface area contributed by atoms with Gasteiger partial charge >= 0.3 is 5.97 Å². The molecule has 0 radical (unpaired) electrons. The summed E-state index contributed by atoms with van der Waals surface area (Å²) in [4.78, 5) is 22.8. The standard InChI is InChI=1S/C12H14O3S/c1-3-8-16-12(14)10-6-4-9(5-7-10)11(13)15-2/h4-7H,3,8H2,1-2H3. The molecular weight excluding hydrogens is 224 g/mol. The van der Waals surface area contributed by atoms with Crippen LogP contribution in [0.2, 0.25) is 0 Å². The number of rotatable bonds is 4. The van der Waals surface area contributed by atoms with Crippen molar-refractivity contribution in [2.24, 2.45) is 0 Å². The third-order valence-corrected chi connectivity index (χ3v) is 3.09. The lowest BCUT2D eigenvalue weighted by Gasteiger charge is -2.01. The number of thioether (sulfide) groups is 1. The molecule has 0 heterocycles. The van der Waals surface area contributed by atoms with E-state index < -0.39 is 0 Å². The predicted octanol–water partition coefficient (Wildman–Crippen LogP) is 2.76. The SMILES string of the molecule is CCCSC(=O)c1ccc(C(=O)OC)cc1. The van der Waals surface area contributed by atoms with Gasteiger partial charge in [0.25, 0.3) is 0 Å². The maximum atomic E-state index is 11.6. The number of carbonyl (C=O) groups is 2. The molecule has 0 unspecified atom stereocenters. The highest BCUT2D eigenvalue weighted by atomic mass is 32.2. The number of carbonyl (C=O) groups excluding carboxylic acids is 2. The Morgan fingerprint density at radius 1 is 1.19 bits per heavy atom. The van der Waals surface area contributed by atoms with Crippen LogP contribution in [0.3, 0.4) is 0 Å². The van der Waals surface area contributed by atoms with Gasteiger partial charge in [-0.1, -0.05) is 18.7 Å². The molecule has 0 aliphatic rings. The highest BCUT2D eigenvalue weighted by Gasteiger charge is 2.08. The van der Waals surface area contributed by atoms with E-state index in [2.05, 4.69) is 4.74 Å². The summed E-state index contributed by atoms with van der Waals surface area (Å²) < 4.78 is 4.57. The van der Waals surface area contributed by atoms with Crippen molar-refractivity contribution in [3.63, 3.8) is 0 Å². The molecule has 16 heavy (non-hydrogen) atoms. The van der Waals surface area contributed by atoms with Gasteiger partial charge in [0.05, 0.1) is 12.7 Å². The molecule has 0 saturated heterocycles. The number of benzene rings is 1. The van der Waals surface area contributed by atoms with Gasteiger partial charge in [-0.05, 0) is 30.7 Å². The van der Waals surface area contributed by atoms with E-state index in [1.807, 2.05) is 6.92 Å². The van der Waals surface area contributed by atoms with E-state index in [0.29, 0.717) is 11.1 Å². The molecule has 0 aliphatic heterocycles. The molecule has 4 heteroatoms. The maximum Gasteiger partial charge on any atom is 0.337 e. The van der Waals surface area contributed by atoms with Crippen molar-refractivity contribution >= 4 is 22.8 Å². The van der Waals surface area contributed by atoms with E-state index in [1.54, 1.807) is 24.3 Å². The van der Waals surface area contributed by atoms with Crippen LogP contribution >= 0.6 is 11.8 Å². The summed E-state index contributed by atoms with van der Waals surface area (Å²) in [5, 5.41) is 0.0401. The first-order valence-electron chi connectivity index (χ1n) is 5.04. The van der Waals surface area contributed by atoms with E-state index >= 15 is 0 Å². The average Bonchev–Trinajstić information content (AvgIpc) is 2.35. The number of hydrogen-bond acceptors (Lipinski definition) is 4. The van der Waals surface area contributed by atoms with Crippen molar-refractivity contribution in [2.75, 3.05) is 12.9 Å². The molecule has 1 aromatic rings. The van der Waals surface area contributed by atoms with Crippen LogP contribution in [0.25, 0.3) is 0 Å². The van der Waals surface area contributed by atoms with Crippen LogP contribution in [0.4, 0.5) is 0 Å². The van der Waals surface area contributed by atoms with Crippen LogP contribution in [0, 0.1) is 0 Å². The van der Waals surface area contributed by atoms with Crippen LogP contribution in [0.5, 0.6) is 0 Å². The van der Waals surface area contributed by atoms with E-state index in [4.69, 9.17) is 0 Å². The fourth-order valence-corrected chi connectivity index (χ4v) is 1.83. The third-order valence-electron chi connectivity index (χ3n) is 1.98. The van der Waals surface area contributed by atoms with E-state index in [-0.39, 0.29) is 11.1 Å². The van der Waals surface area contributed by atoms with Gasteiger partial charge in [0.1, 0.15) is 0 Å². The first-order valence-corrected chi connectivity index (χ1v) is 6.03. The summed E-state index contributed by atoms with van der Waals surface area (Å²) in [6, 6.07) is 6.51. The quantitative estimate of drug-likeness (QED) is 0.756. The number of ether oxygens (including phenoxy) is 1. The summed E-state index contributed by atoms with van der Waals surface area (Å²) in [5.41, 5.74) is 1.07. The van der Waals surface area contributed by atoms with Crippen LogP contribution in [-0.4, -0.2) is 23.9 Å². The molecule has 0 aromatic heterocycles. The summed E-state index contributed by atoms with van der Waals surface area (Å²) in [6.45, 7) is 2.03. The van der Waals surface area contributed by atoms with Gasteiger partial charge in [-0.25, -0.2) is 4.79 Å². The summed E-state index contributed by atoms with van der Waals surface area (Å²) >= 11 is 1.29. The summed E-state index contributed by atoms with van der Waals surface area (Å²) in [6.07, 6.45) is 0.969. The minimum Gasteiger partial charge on any atom is -0.465 e. The Kier molecular flexibility index (Phi) is 5.05. The van der Waals surface area contributed by atoms with Crippen LogP contribution < -0.4 is 0 Å².